The predicted molar refractivity (Wildman–Crippen MR) is 164 cm³/mol. The Balaban J connectivity index is 1.43. The molecule has 2 aliphatic rings. The van der Waals surface area contributed by atoms with Crippen molar-refractivity contribution in [3.63, 3.8) is 0 Å². The summed E-state index contributed by atoms with van der Waals surface area (Å²) >= 11 is 0. The van der Waals surface area contributed by atoms with E-state index in [2.05, 4.69) is 49.6 Å². The lowest BCUT2D eigenvalue weighted by atomic mass is 9.81. The first-order valence-electron chi connectivity index (χ1n) is 15.2. The number of amides is 1. The third-order valence-corrected chi connectivity index (χ3v) is 9.18. The van der Waals surface area contributed by atoms with Crippen LogP contribution in [0.3, 0.4) is 0 Å². The number of nitrogens with zero attached hydrogens (tertiary/aromatic N) is 6. The van der Waals surface area contributed by atoms with Crippen LogP contribution in [0.2, 0.25) is 0 Å². The van der Waals surface area contributed by atoms with Crippen LogP contribution in [0.1, 0.15) is 35.4 Å². The molecule has 3 heterocycles. The minimum atomic E-state index is -4.82. The van der Waals surface area contributed by atoms with Gasteiger partial charge < -0.3 is 15.2 Å². The fraction of sp³-hybridized carbons (Fsp3) is 0.394. The average Bonchev–Trinajstić information content (AvgIpc) is 3.70. The van der Waals surface area contributed by atoms with Crippen LogP contribution < -0.4 is 15.2 Å². The summed E-state index contributed by atoms with van der Waals surface area (Å²) in [5.74, 6) is -0.0639. The maximum Gasteiger partial charge on any atom is 0.507 e. The number of hydrogen-bond donors (Lipinski definition) is 1. The molecule has 6 rings (SSSR count). The normalized spacial score (nSPS) is 20.5. The van der Waals surface area contributed by atoms with Gasteiger partial charge in [-0.1, -0.05) is 60.7 Å². The topological polar surface area (TPSA) is 112 Å². The zero-order valence-corrected chi connectivity index (χ0v) is 25.6. The number of hydrogen-bond acceptors (Lipinski definition) is 8. The van der Waals surface area contributed by atoms with Gasteiger partial charge in [0.2, 0.25) is 5.91 Å². The van der Waals surface area contributed by atoms with E-state index in [1.807, 2.05) is 36.4 Å². The van der Waals surface area contributed by atoms with Crippen molar-refractivity contribution in [1.82, 2.24) is 30.0 Å². The number of rotatable bonds is 10. The smallest absolute Gasteiger partial charge is 0.496 e. The molecule has 10 nitrogen and oxygen atoms in total. The number of carbonyl (C=O) groups is 1. The van der Waals surface area contributed by atoms with E-state index in [1.165, 1.54) is 31.4 Å². The van der Waals surface area contributed by atoms with Crippen LogP contribution in [0.25, 0.3) is 11.4 Å². The molecule has 1 amide bonds. The number of tetrazole rings is 1. The molecular formula is C33H36F3N7O3. The Bertz CT molecular complexity index is 1610. The second-order valence-corrected chi connectivity index (χ2v) is 11.8. The van der Waals surface area contributed by atoms with Crippen molar-refractivity contribution in [1.29, 1.82) is 0 Å². The number of aromatic nitrogens is 4. The first-order chi connectivity index (χ1) is 22.2. The molecule has 2 N–H and O–H groups in total. The summed E-state index contributed by atoms with van der Waals surface area (Å²) < 4.78 is 52.7. The van der Waals surface area contributed by atoms with E-state index in [0.717, 1.165) is 13.0 Å². The number of ether oxygens (including phenoxy) is 2. The van der Waals surface area contributed by atoms with Crippen molar-refractivity contribution in [2.75, 3.05) is 33.9 Å². The second-order valence-electron chi connectivity index (χ2n) is 11.8. The Morgan fingerprint density at radius 1 is 0.978 bits per heavy atom. The third-order valence-electron chi connectivity index (χ3n) is 9.18. The fourth-order valence-corrected chi connectivity index (χ4v) is 7.31. The summed E-state index contributed by atoms with van der Waals surface area (Å²) in [6.07, 6.45) is -3.70. The van der Waals surface area contributed by atoms with Crippen LogP contribution in [-0.4, -0.2) is 81.9 Å². The predicted octanol–water partition coefficient (Wildman–Crippen LogP) is 4.42. The highest BCUT2D eigenvalue weighted by molar-refractivity contribution is 5.74. The number of halogens is 3. The van der Waals surface area contributed by atoms with Crippen molar-refractivity contribution >= 4 is 5.91 Å². The Morgan fingerprint density at radius 2 is 1.65 bits per heavy atom. The second kappa shape index (κ2) is 13.1. The third kappa shape index (κ3) is 6.16. The molecule has 46 heavy (non-hydrogen) atoms. The molecule has 3 unspecified atom stereocenters. The molecule has 2 fully saturated rings. The molecule has 0 saturated carbocycles. The van der Waals surface area contributed by atoms with E-state index in [0.29, 0.717) is 30.9 Å². The minimum absolute atomic E-state index is 0.0200. The summed E-state index contributed by atoms with van der Waals surface area (Å²) in [6.45, 7) is 2.42. The van der Waals surface area contributed by atoms with Gasteiger partial charge in [0, 0.05) is 44.1 Å². The van der Waals surface area contributed by atoms with Gasteiger partial charge >= 0.3 is 6.30 Å². The largest absolute Gasteiger partial charge is 0.507 e. The number of benzene rings is 3. The highest BCUT2D eigenvalue weighted by Gasteiger charge is 2.46. The highest BCUT2D eigenvalue weighted by Crippen LogP contribution is 2.43. The molecule has 2 aliphatic heterocycles. The molecule has 4 aromatic rings. The Morgan fingerprint density at radius 3 is 2.24 bits per heavy atom. The fourth-order valence-electron chi connectivity index (χ4n) is 7.31. The molecule has 13 heteroatoms. The summed E-state index contributed by atoms with van der Waals surface area (Å²) in [5.41, 5.74) is 8.73. The van der Waals surface area contributed by atoms with E-state index in [9.17, 15) is 18.0 Å². The van der Waals surface area contributed by atoms with Crippen LogP contribution >= 0.6 is 0 Å². The van der Waals surface area contributed by atoms with Gasteiger partial charge in [-0.3, -0.25) is 14.6 Å². The van der Waals surface area contributed by atoms with E-state index in [4.69, 9.17) is 15.2 Å². The van der Waals surface area contributed by atoms with Gasteiger partial charge in [0.15, 0.2) is 5.82 Å². The molecule has 0 spiro atoms. The Hall–Kier alpha value is -4.49. The van der Waals surface area contributed by atoms with Crippen LogP contribution in [0.4, 0.5) is 13.2 Å². The van der Waals surface area contributed by atoms with Gasteiger partial charge in [-0.2, -0.15) is 0 Å². The minimum Gasteiger partial charge on any atom is -0.496 e. The maximum atomic E-state index is 13.8. The molecule has 0 radical (unpaired) electrons. The van der Waals surface area contributed by atoms with E-state index in [-0.39, 0.29) is 52.2 Å². The maximum absolute atomic E-state index is 13.8. The molecular weight excluding hydrogens is 599 g/mol. The molecule has 242 valence electrons. The Kier molecular flexibility index (Phi) is 8.96. The van der Waals surface area contributed by atoms with Crippen molar-refractivity contribution in [2.24, 2.45) is 11.7 Å². The Labute approximate surface area is 264 Å². The van der Waals surface area contributed by atoms with Crippen molar-refractivity contribution < 1.29 is 27.4 Å². The van der Waals surface area contributed by atoms with E-state index >= 15 is 0 Å². The van der Waals surface area contributed by atoms with Crippen molar-refractivity contribution in [2.45, 2.75) is 43.7 Å². The number of fused-ring (bicyclic) bond motifs is 1. The number of alkyl halides is 3. The molecule has 2 saturated heterocycles. The van der Waals surface area contributed by atoms with Crippen LogP contribution in [-0.2, 0) is 17.6 Å². The lowest BCUT2D eigenvalue weighted by Gasteiger charge is -2.48. The zero-order chi connectivity index (χ0) is 32.4. The summed E-state index contributed by atoms with van der Waals surface area (Å²) in [7, 11) is 2.92. The first kappa shape index (κ1) is 31.5. The lowest BCUT2D eigenvalue weighted by Crippen LogP contribution is -2.59. The van der Waals surface area contributed by atoms with Gasteiger partial charge in [-0.05, 0) is 52.6 Å². The first-order valence-corrected chi connectivity index (χ1v) is 15.2. The quantitative estimate of drug-likeness (QED) is 0.273. The SMILES string of the molecule is COc1ccc(-c2nnnn2C(F)(F)F)c(OC)c1CN1CC2C(CC(N)=O)CCN2C(C(c2ccccc2)c2ccccc2)C1. The number of nitrogens with two attached hydrogens (primary N) is 1. The van der Waals surface area contributed by atoms with Gasteiger partial charge in [0.05, 0.1) is 25.3 Å². The van der Waals surface area contributed by atoms with E-state index < -0.39 is 12.1 Å². The van der Waals surface area contributed by atoms with Gasteiger partial charge in [0.1, 0.15) is 11.5 Å². The summed E-state index contributed by atoms with van der Waals surface area (Å²) in [4.78, 5) is 16.9. The monoisotopic (exact) mass is 635 g/mol. The molecule has 1 aromatic heterocycles. The van der Waals surface area contributed by atoms with Crippen molar-refractivity contribution in [3.8, 4) is 22.9 Å². The number of primary amides is 1. The van der Waals surface area contributed by atoms with Gasteiger partial charge in [-0.15, -0.1) is 23.0 Å². The standard InChI is InChI=1S/C33H36F3N7O3/c1-45-28-14-13-24(32-38-39-40-43(32)33(34,35)36)31(46-2)25(28)18-41-19-26-23(17-29(37)44)15-16-42(26)27(20-41)30(21-9-5-3-6-10-21)22-11-7-4-8-12-22/h3-14,23,26-27,30H,15-20H2,1-2H3,(H2,37,44). The average molecular weight is 636 g/mol. The van der Waals surface area contributed by atoms with Crippen molar-refractivity contribution in [3.05, 3.63) is 89.5 Å². The highest BCUT2D eigenvalue weighted by atomic mass is 19.4. The number of methoxy groups -OCH3 is 2. The lowest BCUT2D eigenvalue weighted by molar-refractivity contribution is -0.212. The van der Waals surface area contributed by atoms with Gasteiger partial charge in [-0.25, -0.2) is 0 Å². The number of carbonyl (C=O) groups excluding carboxylic acids is 1. The molecule has 0 aliphatic carbocycles. The molecule has 3 atom stereocenters. The number of piperazine rings is 1. The van der Waals surface area contributed by atoms with Gasteiger partial charge in [0.25, 0.3) is 0 Å². The summed E-state index contributed by atoms with van der Waals surface area (Å²) in [6, 6.07) is 23.9. The van der Waals surface area contributed by atoms with Crippen LogP contribution in [0, 0.1) is 5.92 Å². The van der Waals surface area contributed by atoms with Crippen LogP contribution in [0.5, 0.6) is 11.5 Å². The molecule has 0 bridgehead atoms. The zero-order valence-electron chi connectivity index (χ0n) is 25.6. The molecule has 3 aromatic carbocycles. The van der Waals surface area contributed by atoms with Crippen LogP contribution in [0.15, 0.2) is 72.8 Å². The van der Waals surface area contributed by atoms with E-state index in [1.54, 1.807) is 6.07 Å². The summed E-state index contributed by atoms with van der Waals surface area (Å²) in [5, 5.41) is 10.1.